The van der Waals surface area contributed by atoms with Gasteiger partial charge in [0.1, 0.15) is 11.4 Å². The zero-order valence-electron chi connectivity index (χ0n) is 24.0. The molecule has 3 heterocycles. The molecular weight excluding hydrogens is 536 g/mol. The fraction of sp³-hybridized carbons (Fsp3) is 0.438. The molecule has 1 fully saturated rings. The zero-order chi connectivity index (χ0) is 29.2. The number of hydrogen-bond donors (Lipinski definition) is 0. The SMILES string of the molecule is O=Cc1cccc(CN2CCOCCOCCN(C(c3ccccc3)c3cccc(C=O)n3)CCOCCOCC2)n1. The van der Waals surface area contributed by atoms with E-state index in [1.54, 1.807) is 12.1 Å². The molecule has 0 N–H and O–H groups in total. The molecule has 0 aliphatic carbocycles. The molecule has 42 heavy (non-hydrogen) atoms. The summed E-state index contributed by atoms with van der Waals surface area (Å²) in [6.07, 6.45) is 1.54. The van der Waals surface area contributed by atoms with Crippen molar-refractivity contribution < 1.29 is 28.5 Å². The van der Waals surface area contributed by atoms with Gasteiger partial charge in [0.05, 0.1) is 70.3 Å². The van der Waals surface area contributed by atoms with Crippen molar-refractivity contribution >= 4 is 12.6 Å². The van der Waals surface area contributed by atoms with Crippen LogP contribution >= 0.6 is 0 Å². The Kier molecular flexibility index (Phi) is 13.7. The molecule has 0 spiro atoms. The van der Waals surface area contributed by atoms with E-state index in [9.17, 15) is 9.59 Å². The highest BCUT2D eigenvalue weighted by Crippen LogP contribution is 2.27. The molecule has 10 heteroatoms. The van der Waals surface area contributed by atoms with E-state index in [1.165, 1.54) is 0 Å². The molecule has 1 aliphatic heterocycles. The summed E-state index contributed by atoms with van der Waals surface area (Å²) in [7, 11) is 0. The van der Waals surface area contributed by atoms with Crippen LogP contribution in [0.4, 0.5) is 0 Å². The van der Waals surface area contributed by atoms with Gasteiger partial charge in [-0.2, -0.15) is 0 Å². The summed E-state index contributed by atoms with van der Waals surface area (Å²) < 4.78 is 23.7. The first kappa shape index (κ1) is 31.6. The van der Waals surface area contributed by atoms with Gasteiger partial charge >= 0.3 is 0 Å². The van der Waals surface area contributed by atoms with Gasteiger partial charge in [0.2, 0.25) is 0 Å². The van der Waals surface area contributed by atoms with Crippen molar-refractivity contribution in [2.24, 2.45) is 0 Å². The van der Waals surface area contributed by atoms with Crippen LogP contribution in [0.1, 0.15) is 44.0 Å². The molecule has 4 rings (SSSR count). The van der Waals surface area contributed by atoms with Crippen LogP contribution in [0.25, 0.3) is 0 Å². The number of ether oxygens (including phenoxy) is 4. The van der Waals surface area contributed by atoms with Crippen molar-refractivity contribution in [1.82, 2.24) is 19.8 Å². The van der Waals surface area contributed by atoms with Crippen molar-refractivity contribution in [3.8, 4) is 0 Å². The van der Waals surface area contributed by atoms with Crippen molar-refractivity contribution in [1.29, 1.82) is 0 Å². The highest BCUT2D eigenvalue weighted by Gasteiger charge is 2.24. The van der Waals surface area contributed by atoms with Crippen molar-refractivity contribution in [3.63, 3.8) is 0 Å². The third-order valence-electron chi connectivity index (χ3n) is 6.90. The molecule has 0 amide bonds. The molecule has 10 nitrogen and oxygen atoms in total. The van der Waals surface area contributed by atoms with E-state index in [4.69, 9.17) is 18.9 Å². The molecule has 1 atom stereocenters. The average Bonchev–Trinajstić information content (AvgIpc) is 3.03. The molecule has 3 aromatic rings. The van der Waals surface area contributed by atoms with Gasteiger partial charge in [0, 0.05) is 32.7 Å². The standard InChI is InChI=1S/C32H40N4O6/c37-25-29-9-4-8-28(33-29)24-35-12-16-39-20-22-41-18-14-36(15-19-42-23-21-40-17-13-35)32(27-6-2-1-3-7-27)31-11-5-10-30(26-38)34-31/h1-11,25-26,32H,12-24H2. The largest absolute Gasteiger partial charge is 0.378 e. The van der Waals surface area contributed by atoms with E-state index in [1.807, 2.05) is 42.5 Å². The predicted molar refractivity (Wildman–Crippen MR) is 158 cm³/mol. The summed E-state index contributed by atoms with van der Waals surface area (Å²) in [5.74, 6) is 0. The van der Waals surface area contributed by atoms with Gasteiger partial charge in [-0.05, 0) is 29.8 Å². The van der Waals surface area contributed by atoms with Crippen LogP contribution in [0.2, 0.25) is 0 Å². The maximum atomic E-state index is 11.5. The Bertz CT molecular complexity index is 1190. The molecule has 2 aromatic heterocycles. The van der Waals surface area contributed by atoms with E-state index in [2.05, 4.69) is 31.9 Å². The van der Waals surface area contributed by atoms with E-state index in [0.717, 1.165) is 29.5 Å². The van der Waals surface area contributed by atoms with Crippen LogP contribution in [0.3, 0.4) is 0 Å². The Morgan fingerprint density at radius 3 is 1.76 bits per heavy atom. The van der Waals surface area contributed by atoms with Crippen LogP contribution in [0, 0.1) is 0 Å². The molecule has 0 saturated carbocycles. The molecule has 1 aromatic carbocycles. The van der Waals surface area contributed by atoms with Crippen molar-refractivity contribution in [2.75, 3.05) is 79.0 Å². The van der Waals surface area contributed by atoms with Crippen LogP contribution in [0.15, 0.2) is 66.7 Å². The lowest BCUT2D eigenvalue weighted by atomic mass is 10.0. The average molecular weight is 577 g/mol. The number of nitrogens with zero attached hydrogens (tertiary/aromatic N) is 4. The third-order valence-corrected chi connectivity index (χ3v) is 6.90. The van der Waals surface area contributed by atoms with Crippen molar-refractivity contribution in [2.45, 2.75) is 12.6 Å². The van der Waals surface area contributed by atoms with Gasteiger partial charge in [0.25, 0.3) is 0 Å². The number of aromatic nitrogens is 2. The van der Waals surface area contributed by atoms with Gasteiger partial charge in [-0.3, -0.25) is 19.4 Å². The number of hydrogen-bond acceptors (Lipinski definition) is 10. The monoisotopic (exact) mass is 576 g/mol. The predicted octanol–water partition coefficient (Wildman–Crippen LogP) is 3.08. The summed E-state index contributed by atoms with van der Waals surface area (Å²) in [5.41, 5.74) is 3.55. The first-order valence-corrected chi connectivity index (χ1v) is 14.4. The summed E-state index contributed by atoms with van der Waals surface area (Å²) in [5, 5.41) is 0. The van der Waals surface area contributed by atoms with Gasteiger partial charge < -0.3 is 18.9 Å². The number of carbonyl (C=O) groups excluding carboxylic acids is 2. The Labute approximate surface area is 247 Å². The number of pyridine rings is 2. The number of rotatable bonds is 7. The van der Waals surface area contributed by atoms with E-state index in [-0.39, 0.29) is 6.04 Å². The van der Waals surface area contributed by atoms with Crippen LogP contribution in [-0.4, -0.2) is 111 Å². The number of aldehydes is 2. The smallest absolute Gasteiger partial charge is 0.168 e. The summed E-state index contributed by atoms with van der Waals surface area (Å²) in [4.78, 5) is 36.1. The zero-order valence-corrected chi connectivity index (χ0v) is 24.0. The third kappa shape index (κ3) is 10.5. The van der Waals surface area contributed by atoms with E-state index < -0.39 is 0 Å². The first-order valence-electron chi connectivity index (χ1n) is 14.4. The lowest BCUT2D eigenvalue weighted by Crippen LogP contribution is -2.36. The number of carbonyl (C=O) groups is 2. The lowest BCUT2D eigenvalue weighted by Gasteiger charge is -2.32. The second-order valence-corrected chi connectivity index (χ2v) is 9.85. The molecule has 1 aliphatic rings. The second-order valence-electron chi connectivity index (χ2n) is 9.85. The highest BCUT2D eigenvalue weighted by molar-refractivity contribution is 5.72. The maximum absolute atomic E-state index is 11.5. The fourth-order valence-electron chi connectivity index (χ4n) is 4.81. The van der Waals surface area contributed by atoms with E-state index >= 15 is 0 Å². The maximum Gasteiger partial charge on any atom is 0.168 e. The normalized spacial score (nSPS) is 18.4. The minimum Gasteiger partial charge on any atom is -0.378 e. The number of benzene rings is 1. The van der Waals surface area contributed by atoms with Crippen LogP contribution in [-0.2, 0) is 25.5 Å². The summed E-state index contributed by atoms with van der Waals surface area (Å²) in [6, 6.07) is 21.0. The Morgan fingerprint density at radius 2 is 1.17 bits per heavy atom. The molecule has 0 radical (unpaired) electrons. The molecule has 1 unspecified atom stereocenters. The Balaban J connectivity index is 1.37. The molecule has 0 bridgehead atoms. The van der Waals surface area contributed by atoms with E-state index in [0.29, 0.717) is 97.0 Å². The van der Waals surface area contributed by atoms with Crippen molar-refractivity contribution in [3.05, 3.63) is 95.1 Å². The van der Waals surface area contributed by atoms with Gasteiger partial charge in [-0.15, -0.1) is 0 Å². The molecule has 224 valence electrons. The van der Waals surface area contributed by atoms with Crippen LogP contribution in [0.5, 0.6) is 0 Å². The van der Waals surface area contributed by atoms with Crippen LogP contribution < -0.4 is 0 Å². The Morgan fingerprint density at radius 1 is 0.619 bits per heavy atom. The topological polar surface area (TPSA) is 103 Å². The highest BCUT2D eigenvalue weighted by atomic mass is 16.5. The summed E-state index contributed by atoms with van der Waals surface area (Å²) in [6.45, 7) is 7.32. The van der Waals surface area contributed by atoms with Gasteiger partial charge in [-0.1, -0.05) is 42.5 Å². The van der Waals surface area contributed by atoms with Gasteiger partial charge in [-0.25, -0.2) is 9.97 Å². The molecule has 1 saturated heterocycles. The minimum atomic E-state index is -0.163. The Hall–Kier alpha value is -3.38. The fourth-order valence-corrected chi connectivity index (χ4v) is 4.81. The summed E-state index contributed by atoms with van der Waals surface area (Å²) >= 11 is 0. The minimum absolute atomic E-state index is 0.163. The lowest BCUT2D eigenvalue weighted by molar-refractivity contribution is 0.00332. The second kappa shape index (κ2) is 18.2. The van der Waals surface area contributed by atoms with Gasteiger partial charge in [0.15, 0.2) is 12.6 Å². The first-order chi connectivity index (χ1) is 20.8. The molecular formula is C32H40N4O6. The quantitative estimate of drug-likeness (QED) is 0.390.